The molecule has 0 unspecified atom stereocenters. The molecule has 38 heavy (non-hydrogen) atoms. The van der Waals surface area contributed by atoms with E-state index < -0.39 is 0 Å². The van der Waals surface area contributed by atoms with Gasteiger partial charge in [-0.3, -0.25) is 14.2 Å². The Morgan fingerprint density at radius 3 is 2.55 bits per heavy atom. The fraction of sp³-hybridized carbons (Fsp3) is 0.148. The van der Waals surface area contributed by atoms with E-state index in [2.05, 4.69) is 41.7 Å². The van der Waals surface area contributed by atoms with E-state index in [9.17, 15) is 9.59 Å². The number of para-hydroxylation sites is 1. The Bertz CT molecular complexity index is 1600. The molecule has 0 saturated carbocycles. The lowest BCUT2D eigenvalue weighted by atomic mass is 10.1. The molecule has 11 heteroatoms. The maximum Gasteiger partial charge on any atom is 0.251 e. The Kier molecular flexibility index (Phi) is 7.87. The number of benzene rings is 3. The summed E-state index contributed by atoms with van der Waals surface area (Å²) in [6.07, 6.45) is 0. The lowest BCUT2D eigenvalue weighted by Gasteiger charge is -2.11. The van der Waals surface area contributed by atoms with Gasteiger partial charge < -0.3 is 10.6 Å². The highest BCUT2D eigenvalue weighted by molar-refractivity contribution is 9.10. The van der Waals surface area contributed by atoms with E-state index in [4.69, 9.17) is 0 Å². The number of carbonyl (C=O) groups excluding carboxylic acids is 2. The Balaban J connectivity index is 1.31. The minimum atomic E-state index is -0.192. The zero-order chi connectivity index (χ0) is 26.6. The van der Waals surface area contributed by atoms with Crippen molar-refractivity contribution < 1.29 is 9.59 Å². The number of hydrogen-bond donors (Lipinski definition) is 2. The van der Waals surface area contributed by atoms with Gasteiger partial charge in [0, 0.05) is 15.7 Å². The number of fused-ring (bicyclic) bond motifs is 1. The molecular formula is C27H23BrN6O2S2. The molecule has 5 rings (SSSR count). The summed E-state index contributed by atoms with van der Waals surface area (Å²) >= 11 is 6.16. The largest absolute Gasteiger partial charge is 0.345 e. The van der Waals surface area contributed by atoms with Crippen molar-refractivity contribution in [3.05, 3.63) is 93.7 Å². The first-order chi connectivity index (χ1) is 18.4. The van der Waals surface area contributed by atoms with Crippen LogP contribution in [0.4, 0.5) is 5.13 Å². The number of hydrogen-bond acceptors (Lipinski definition) is 7. The van der Waals surface area contributed by atoms with Crippen LogP contribution in [0.1, 0.15) is 27.3 Å². The fourth-order valence-electron chi connectivity index (χ4n) is 3.71. The second-order valence-corrected chi connectivity index (χ2v) is 11.4. The predicted octanol–water partition coefficient (Wildman–Crippen LogP) is 5.92. The zero-order valence-electron chi connectivity index (χ0n) is 20.6. The predicted molar refractivity (Wildman–Crippen MR) is 155 cm³/mol. The molecule has 5 aromatic rings. The summed E-state index contributed by atoms with van der Waals surface area (Å²) < 4.78 is 3.80. The summed E-state index contributed by atoms with van der Waals surface area (Å²) in [5.74, 6) is 0.296. The molecule has 0 atom stereocenters. The van der Waals surface area contributed by atoms with Gasteiger partial charge in [0.05, 0.1) is 22.5 Å². The van der Waals surface area contributed by atoms with Crippen LogP contribution >= 0.6 is 39.0 Å². The van der Waals surface area contributed by atoms with E-state index in [0.717, 1.165) is 31.5 Å². The fourth-order valence-corrected chi connectivity index (χ4v) is 5.63. The second-order valence-electron chi connectivity index (χ2n) is 8.52. The number of nitrogens with zero attached hydrogens (tertiary/aromatic N) is 4. The Morgan fingerprint density at radius 2 is 1.79 bits per heavy atom. The molecule has 0 aliphatic carbocycles. The third kappa shape index (κ3) is 5.95. The highest BCUT2D eigenvalue weighted by Crippen LogP contribution is 2.27. The van der Waals surface area contributed by atoms with Crippen LogP contribution in [0.2, 0.25) is 0 Å². The van der Waals surface area contributed by atoms with Crippen molar-refractivity contribution >= 4 is 66.2 Å². The van der Waals surface area contributed by atoms with Gasteiger partial charge in [-0.15, -0.1) is 10.2 Å². The van der Waals surface area contributed by atoms with Crippen molar-refractivity contribution in [3.63, 3.8) is 0 Å². The normalized spacial score (nSPS) is 11.0. The number of thioether (sulfide) groups is 1. The maximum atomic E-state index is 12.8. The van der Waals surface area contributed by atoms with Gasteiger partial charge in [0.25, 0.3) is 5.91 Å². The Hall–Kier alpha value is -3.54. The number of thiazole rings is 1. The molecule has 0 radical (unpaired) electrons. The van der Waals surface area contributed by atoms with Gasteiger partial charge in [0.15, 0.2) is 16.1 Å². The Labute approximate surface area is 236 Å². The molecule has 0 bridgehead atoms. The van der Waals surface area contributed by atoms with E-state index in [-0.39, 0.29) is 24.1 Å². The smallest absolute Gasteiger partial charge is 0.251 e. The van der Waals surface area contributed by atoms with Gasteiger partial charge in [0.2, 0.25) is 5.91 Å². The van der Waals surface area contributed by atoms with E-state index in [0.29, 0.717) is 21.7 Å². The molecule has 2 heterocycles. The first-order valence-corrected chi connectivity index (χ1v) is 14.3. The van der Waals surface area contributed by atoms with Gasteiger partial charge in [-0.05, 0) is 73.5 Å². The molecule has 0 fully saturated rings. The van der Waals surface area contributed by atoms with E-state index in [1.807, 2.05) is 85.1 Å². The maximum absolute atomic E-state index is 12.8. The second kappa shape index (κ2) is 11.5. The summed E-state index contributed by atoms with van der Waals surface area (Å²) in [5.41, 5.74) is 4.44. The van der Waals surface area contributed by atoms with Crippen molar-refractivity contribution in [1.82, 2.24) is 25.1 Å². The molecule has 2 N–H and O–H groups in total. The topological polar surface area (TPSA) is 102 Å². The van der Waals surface area contributed by atoms with Crippen LogP contribution in [0, 0.1) is 13.8 Å². The van der Waals surface area contributed by atoms with Gasteiger partial charge in [-0.1, -0.05) is 57.2 Å². The monoisotopic (exact) mass is 606 g/mol. The van der Waals surface area contributed by atoms with Gasteiger partial charge >= 0.3 is 0 Å². The average molecular weight is 608 g/mol. The number of halogens is 1. The minimum absolute atomic E-state index is 0.125. The van der Waals surface area contributed by atoms with Crippen molar-refractivity contribution in [2.75, 3.05) is 11.1 Å². The van der Waals surface area contributed by atoms with Crippen LogP contribution in [0.25, 0.3) is 15.9 Å². The molecule has 2 aromatic heterocycles. The number of rotatable bonds is 8. The van der Waals surface area contributed by atoms with Gasteiger partial charge in [0.1, 0.15) is 0 Å². The van der Waals surface area contributed by atoms with Crippen LogP contribution in [-0.4, -0.2) is 37.3 Å². The first-order valence-electron chi connectivity index (χ1n) is 11.7. The molecule has 3 aromatic carbocycles. The number of nitrogens with one attached hydrogen (secondary N) is 2. The molecular weight excluding hydrogens is 584 g/mol. The highest BCUT2D eigenvalue weighted by Gasteiger charge is 2.18. The van der Waals surface area contributed by atoms with E-state index >= 15 is 0 Å². The molecule has 0 saturated heterocycles. The minimum Gasteiger partial charge on any atom is -0.345 e. The third-order valence-electron chi connectivity index (χ3n) is 5.83. The van der Waals surface area contributed by atoms with Crippen LogP contribution in [0.5, 0.6) is 0 Å². The van der Waals surface area contributed by atoms with Crippen molar-refractivity contribution in [2.24, 2.45) is 0 Å². The summed E-state index contributed by atoms with van der Waals surface area (Å²) in [4.78, 5) is 30.0. The molecule has 8 nitrogen and oxygen atoms in total. The molecule has 0 aliphatic heterocycles. The average Bonchev–Trinajstić information content (AvgIpc) is 3.51. The number of carbonyl (C=O) groups is 2. The number of amides is 2. The summed E-state index contributed by atoms with van der Waals surface area (Å²) in [7, 11) is 0. The van der Waals surface area contributed by atoms with Gasteiger partial charge in [-0.25, -0.2) is 4.98 Å². The summed E-state index contributed by atoms with van der Waals surface area (Å²) in [6.45, 7) is 4.16. The van der Waals surface area contributed by atoms with Crippen LogP contribution in [0.3, 0.4) is 0 Å². The lowest BCUT2D eigenvalue weighted by molar-refractivity contribution is -0.113. The SMILES string of the molecule is Cc1ccc(C(=O)NCc2nnc(SCC(=O)Nc3nc4ccccc4s3)n2-c2ccc(Br)cc2)cc1C. The lowest BCUT2D eigenvalue weighted by Crippen LogP contribution is -2.24. The summed E-state index contributed by atoms with van der Waals surface area (Å²) in [6, 6.07) is 21.0. The standard InChI is InChI=1S/C27H23BrN6O2S2/c1-16-7-8-18(13-17(16)2)25(36)29-14-23-32-33-27(34(23)20-11-9-19(28)10-12-20)37-15-24(35)31-26-30-21-5-3-4-6-22(21)38-26/h3-13H,14-15H2,1-2H3,(H,29,36)(H,30,31,35). The number of aryl methyl sites for hydroxylation is 2. The van der Waals surface area contributed by atoms with Crippen molar-refractivity contribution in [1.29, 1.82) is 0 Å². The van der Waals surface area contributed by atoms with Crippen LogP contribution in [-0.2, 0) is 11.3 Å². The Morgan fingerprint density at radius 1 is 1.00 bits per heavy atom. The van der Waals surface area contributed by atoms with Crippen molar-refractivity contribution in [3.8, 4) is 5.69 Å². The van der Waals surface area contributed by atoms with Crippen molar-refractivity contribution in [2.45, 2.75) is 25.5 Å². The number of anilines is 1. The summed E-state index contributed by atoms with van der Waals surface area (Å²) in [5, 5.41) is 15.6. The molecule has 0 aliphatic rings. The number of aromatic nitrogens is 4. The highest BCUT2D eigenvalue weighted by atomic mass is 79.9. The van der Waals surface area contributed by atoms with Crippen LogP contribution in [0.15, 0.2) is 76.4 Å². The first kappa shape index (κ1) is 26.1. The third-order valence-corrected chi connectivity index (χ3v) is 8.24. The molecule has 192 valence electrons. The van der Waals surface area contributed by atoms with E-state index in [1.54, 1.807) is 0 Å². The van der Waals surface area contributed by atoms with E-state index in [1.165, 1.54) is 23.1 Å². The zero-order valence-corrected chi connectivity index (χ0v) is 23.8. The molecule has 0 spiro atoms. The van der Waals surface area contributed by atoms with Gasteiger partial charge in [-0.2, -0.15) is 0 Å². The van der Waals surface area contributed by atoms with Crippen LogP contribution < -0.4 is 10.6 Å². The molecule has 2 amide bonds. The quantitative estimate of drug-likeness (QED) is 0.213.